The molecule has 0 bridgehead atoms. The zero-order chi connectivity index (χ0) is 9.40. The molecule has 0 rings (SSSR count). The molecule has 0 aliphatic rings. The van der Waals surface area contributed by atoms with Crippen LogP contribution in [0.3, 0.4) is 0 Å². The van der Waals surface area contributed by atoms with Crippen molar-refractivity contribution in [2.75, 3.05) is 13.6 Å². The van der Waals surface area contributed by atoms with E-state index in [9.17, 15) is 4.79 Å². The van der Waals surface area contributed by atoms with Crippen LogP contribution in [-0.4, -0.2) is 40.2 Å². The van der Waals surface area contributed by atoms with E-state index in [1.807, 2.05) is 7.05 Å². The van der Waals surface area contributed by atoms with Crippen molar-refractivity contribution < 1.29 is 4.79 Å². The fraction of sp³-hybridized carbons (Fsp3) is 0.857. The number of hydrogen-bond donors (Lipinski definition) is 2. The van der Waals surface area contributed by atoms with E-state index in [0.29, 0.717) is 6.42 Å². The van der Waals surface area contributed by atoms with Crippen LogP contribution in [0.2, 0.25) is 0 Å². The first kappa shape index (κ1) is 11.7. The van der Waals surface area contributed by atoms with Crippen molar-refractivity contribution in [2.24, 2.45) is 5.73 Å². The quantitative estimate of drug-likeness (QED) is 0.376. The summed E-state index contributed by atoms with van der Waals surface area (Å²) in [5.41, 5.74) is 5.36. The highest BCUT2D eigenvalue weighted by Crippen LogP contribution is 1.98. The second-order valence-electron chi connectivity index (χ2n) is 2.77. The third-order valence-corrected chi connectivity index (χ3v) is 1.72. The molecule has 0 aromatic carbocycles. The lowest BCUT2D eigenvalue weighted by Crippen LogP contribution is -2.34. The van der Waals surface area contributed by atoms with E-state index in [1.165, 1.54) is 0 Å². The van der Waals surface area contributed by atoms with Gasteiger partial charge in [0.05, 0.1) is 11.7 Å². The molecule has 12 heavy (non-hydrogen) atoms. The largest absolute Gasteiger partial charge is 0.322 e. The van der Waals surface area contributed by atoms with Gasteiger partial charge in [-0.3, -0.25) is 0 Å². The van der Waals surface area contributed by atoms with Gasteiger partial charge in [0.15, 0.2) is 0 Å². The van der Waals surface area contributed by atoms with Gasteiger partial charge in [0.2, 0.25) is 0 Å². The van der Waals surface area contributed by atoms with Crippen LogP contribution in [0.15, 0.2) is 0 Å². The Labute approximate surface area is 76.1 Å². The average molecular weight is 165 g/mol. The predicted octanol–water partition coefficient (Wildman–Crippen LogP) is -0.982. The second-order valence-corrected chi connectivity index (χ2v) is 2.77. The van der Waals surface area contributed by atoms with Crippen LogP contribution in [0.1, 0.15) is 19.3 Å². The maximum atomic E-state index is 10.9. The molecule has 3 nitrogen and oxygen atoms in total. The molecule has 0 saturated heterocycles. The topological polar surface area (TPSA) is 55.1 Å². The highest BCUT2D eigenvalue weighted by molar-refractivity contribution is 7.08. The Morgan fingerprint density at radius 3 is 2.83 bits per heavy atom. The zero-order valence-electron chi connectivity index (χ0n) is 7.55. The molecule has 0 saturated carbocycles. The molecule has 0 aliphatic carbocycles. The van der Waals surface area contributed by atoms with Gasteiger partial charge >= 0.3 is 0 Å². The standard InChI is InChI=1S/C7H15B2N2O/c1-11-5-3-2-4-6(10)7(12)9-8/h6,11H,2-5,10H2,1H3/t6-/m0/s1. The van der Waals surface area contributed by atoms with Gasteiger partial charge in [-0.25, -0.2) is 0 Å². The number of nitrogens with two attached hydrogens (primary N) is 1. The Morgan fingerprint density at radius 2 is 2.33 bits per heavy atom. The minimum absolute atomic E-state index is 0.167. The summed E-state index contributed by atoms with van der Waals surface area (Å²) >= 11 is 0. The maximum Gasteiger partial charge on any atom is 0.148 e. The molecule has 5 heteroatoms. The van der Waals surface area contributed by atoms with Crippen LogP contribution >= 0.6 is 0 Å². The van der Waals surface area contributed by atoms with E-state index in [2.05, 4.69) is 5.32 Å². The first-order valence-electron chi connectivity index (χ1n) is 4.21. The lowest BCUT2D eigenvalue weighted by atomic mass is 9.51. The van der Waals surface area contributed by atoms with Crippen LogP contribution in [0, 0.1) is 0 Å². The molecule has 1 atom stereocenters. The minimum atomic E-state index is -0.410. The summed E-state index contributed by atoms with van der Waals surface area (Å²) in [4.78, 5) is 10.9. The van der Waals surface area contributed by atoms with E-state index in [4.69, 9.17) is 13.5 Å². The molecule has 3 radical (unpaired) electrons. The normalized spacial score (nSPS) is 12.5. The summed E-state index contributed by atoms with van der Waals surface area (Å²) in [6, 6.07) is -0.410. The third kappa shape index (κ3) is 5.38. The van der Waals surface area contributed by atoms with Gasteiger partial charge in [-0.05, 0) is 26.4 Å². The minimum Gasteiger partial charge on any atom is -0.322 e. The van der Waals surface area contributed by atoms with Gasteiger partial charge in [0, 0.05) is 7.74 Å². The summed E-state index contributed by atoms with van der Waals surface area (Å²) in [6.07, 6.45) is 2.72. The summed E-state index contributed by atoms with van der Waals surface area (Å²) in [5, 5.41) is 3.03. The third-order valence-electron chi connectivity index (χ3n) is 1.72. The van der Waals surface area contributed by atoms with Crippen molar-refractivity contribution in [3.05, 3.63) is 0 Å². The molecule has 0 amide bonds. The highest BCUT2D eigenvalue weighted by Gasteiger charge is 2.09. The number of nitrogens with one attached hydrogen (secondary N) is 1. The molecule has 0 unspecified atom stereocenters. The van der Waals surface area contributed by atoms with E-state index < -0.39 is 6.04 Å². The van der Waals surface area contributed by atoms with E-state index in [0.717, 1.165) is 26.6 Å². The summed E-state index contributed by atoms with van der Waals surface area (Å²) in [5.74, 6) is 0. The second kappa shape index (κ2) is 7.37. The Kier molecular flexibility index (Phi) is 7.20. The van der Waals surface area contributed by atoms with Crippen LogP contribution in [-0.2, 0) is 4.79 Å². The number of carbonyl (C=O) groups is 1. The molecular formula is C7H15B2N2O. The average Bonchev–Trinajstić information content (AvgIpc) is 2.10. The monoisotopic (exact) mass is 165 g/mol. The van der Waals surface area contributed by atoms with Crippen molar-refractivity contribution >= 4 is 20.6 Å². The van der Waals surface area contributed by atoms with Gasteiger partial charge in [-0.2, -0.15) is 0 Å². The van der Waals surface area contributed by atoms with E-state index >= 15 is 0 Å². The van der Waals surface area contributed by atoms with Crippen molar-refractivity contribution in [1.29, 1.82) is 0 Å². The van der Waals surface area contributed by atoms with Crippen LogP contribution in [0.5, 0.6) is 0 Å². The first-order chi connectivity index (χ1) is 5.72. The molecule has 3 N–H and O–H groups in total. The molecule has 0 heterocycles. The fourth-order valence-corrected chi connectivity index (χ4v) is 0.932. The van der Waals surface area contributed by atoms with Crippen LogP contribution < -0.4 is 11.1 Å². The van der Waals surface area contributed by atoms with E-state index in [-0.39, 0.29) is 5.68 Å². The van der Waals surface area contributed by atoms with Gasteiger partial charge in [-0.15, -0.1) is 0 Å². The number of hydrogen-bond acceptors (Lipinski definition) is 3. The van der Waals surface area contributed by atoms with Crippen molar-refractivity contribution in [3.8, 4) is 0 Å². The lowest BCUT2D eigenvalue weighted by Gasteiger charge is -2.08. The Hall–Kier alpha value is -0.280. The summed E-state index contributed by atoms with van der Waals surface area (Å²) in [6.45, 7) is 0.966. The summed E-state index contributed by atoms with van der Waals surface area (Å²) < 4.78 is 0. The highest BCUT2D eigenvalue weighted by atomic mass is 16.1. The van der Waals surface area contributed by atoms with Gasteiger partial charge in [0.25, 0.3) is 0 Å². The Balaban J connectivity index is 3.31. The van der Waals surface area contributed by atoms with Gasteiger partial charge < -0.3 is 15.8 Å². The SMILES string of the molecule is [B][B]C(=O)[C@@H](N)CCCCNC. The smallest absolute Gasteiger partial charge is 0.148 e. The Morgan fingerprint density at radius 1 is 1.67 bits per heavy atom. The number of unbranched alkanes of at least 4 members (excludes halogenated alkanes) is 1. The molecule has 0 fully saturated rings. The summed E-state index contributed by atoms with van der Waals surface area (Å²) in [7, 11) is 7.98. The van der Waals surface area contributed by atoms with Crippen molar-refractivity contribution in [1.82, 2.24) is 5.32 Å². The van der Waals surface area contributed by atoms with Crippen molar-refractivity contribution in [2.45, 2.75) is 25.3 Å². The van der Waals surface area contributed by atoms with Gasteiger partial charge in [-0.1, -0.05) is 6.42 Å². The number of rotatable bonds is 7. The predicted molar refractivity (Wildman–Crippen MR) is 52.3 cm³/mol. The first-order valence-corrected chi connectivity index (χ1v) is 4.21. The van der Waals surface area contributed by atoms with Gasteiger partial charge in [0.1, 0.15) is 7.17 Å². The molecular weight excluding hydrogens is 150 g/mol. The molecule has 0 aromatic rings. The lowest BCUT2D eigenvalue weighted by molar-refractivity contribution is -0.113. The molecule has 65 valence electrons. The molecule has 0 aliphatic heterocycles. The molecule has 0 spiro atoms. The van der Waals surface area contributed by atoms with E-state index in [1.54, 1.807) is 0 Å². The van der Waals surface area contributed by atoms with Crippen molar-refractivity contribution in [3.63, 3.8) is 0 Å². The fourth-order valence-electron chi connectivity index (χ4n) is 0.932. The number of carbonyl (C=O) groups excluding carboxylic acids is 1. The Bertz CT molecular complexity index is 133. The van der Waals surface area contributed by atoms with Crippen LogP contribution in [0.25, 0.3) is 0 Å². The maximum absolute atomic E-state index is 10.9. The van der Waals surface area contributed by atoms with Crippen LogP contribution in [0.4, 0.5) is 0 Å². The zero-order valence-corrected chi connectivity index (χ0v) is 7.55. The molecule has 0 aromatic heterocycles.